The minimum absolute atomic E-state index is 0.0383. The molecule has 49 heavy (non-hydrogen) atoms. The molecular weight excluding hydrogens is 643 g/mol. The molecule has 0 spiro atoms. The summed E-state index contributed by atoms with van der Waals surface area (Å²) < 4.78 is 17.0. The van der Waals surface area contributed by atoms with Crippen LogP contribution in [0.2, 0.25) is 0 Å². The van der Waals surface area contributed by atoms with Crippen molar-refractivity contribution in [3.05, 3.63) is 117 Å². The quantitative estimate of drug-likeness (QED) is 0.0335. The third kappa shape index (κ3) is 8.36. The molecule has 3 N–H and O–H groups in total. The van der Waals surface area contributed by atoms with E-state index in [1.807, 2.05) is 81.6 Å². The standard InChI is InChI=1S/C37H37N5O6S/c1-40(2)33-22-25(9-19-32(33)39-38-26-10-12-27(13-11-26)42(44)45)30-18-14-28(23-35(30)47-6)48-37(43)31-17-8-24(21-34(31)46-5)7-15-29-16-20-36(49-29)41(3)4/h7-23,38-39H,1-6H3/p+1/b15-7+. The van der Waals surface area contributed by atoms with E-state index in [9.17, 15) is 14.9 Å². The van der Waals surface area contributed by atoms with Crippen LogP contribution in [0.1, 0.15) is 20.8 Å². The number of quaternary nitrogens is 1. The van der Waals surface area contributed by atoms with Crippen LogP contribution in [0.15, 0.2) is 91.0 Å². The minimum atomic E-state index is -0.550. The van der Waals surface area contributed by atoms with Gasteiger partial charge in [0.05, 0.1) is 29.8 Å². The van der Waals surface area contributed by atoms with Crippen LogP contribution in [0.25, 0.3) is 23.3 Å². The number of nitrogen functional groups attached to an aromatic ring is 1. The zero-order chi connectivity index (χ0) is 35.1. The molecule has 0 bridgehead atoms. The van der Waals surface area contributed by atoms with Gasteiger partial charge in [-0.2, -0.15) is 0 Å². The van der Waals surface area contributed by atoms with E-state index in [1.165, 1.54) is 24.2 Å². The van der Waals surface area contributed by atoms with Crippen molar-refractivity contribution in [1.29, 1.82) is 0 Å². The van der Waals surface area contributed by atoms with Gasteiger partial charge in [-0.15, -0.1) is 11.3 Å². The zero-order valence-corrected chi connectivity index (χ0v) is 28.9. The van der Waals surface area contributed by atoms with E-state index in [2.05, 4.69) is 22.5 Å². The van der Waals surface area contributed by atoms with Gasteiger partial charge in [0.1, 0.15) is 28.5 Å². The lowest BCUT2D eigenvalue weighted by atomic mass is 10.0. The summed E-state index contributed by atoms with van der Waals surface area (Å²) in [6.07, 6.45) is 4.01. The molecule has 252 valence electrons. The Hall–Kier alpha value is -5.85. The lowest BCUT2D eigenvalue weighted by molar-refractivity contribution is -0.538. The topological polar surface area (TPSA) is 123 Å². The van der Waals surface area contributed by atoms with Crippen LogP contribution in [0.3, 0.4) is 0 Å². The van der Waals surface area contributed by atoms with Gasteiger partial charge >= 0.3 is 5.97 Å². The van der Waals surface area contributed by atoms with E-state index < -0.39 is 10.9 Å². The van der Waals surface area contributed by atoms with Crippen molar-refractivity contribution in [3.63, 3.8) is 0 Å². The fourth-order valence-electron chi connectivity index (χ4n) is 5.01. The maximum Gasteiger partial charge on any atom is 0.347 e. The number of ether oxygens (including phenoxy) is 3. The summed E-state index contributed by atoms with van der Waals surface area (Å²) in [5.74, 6) is 0.721. The predicted molar refractivity (Wildman–Crippen MR) is 197 cm³/mol. The van der Waals surface area contributed by atoms with Gasteiger partial charge in [-0.05, 0) is 65.7 Å². The smallest absolute Gasteiger partial charge is 0.347 e. The van der Waals surface area contributed by atoms with Crippen LogP contribution in [-0.4, -0.2) is 53.3 Å². The molecule has 5 rings (SSSR count). The number of hydrogen-bond donors (Lipinski definition) is 2. The molecule has 0 aliphatic heterocycles. The van der Waals surface area contributed by atoms with E-state index in [0.717, 1.165) is 38.6 Å². The Balaban J connectivity index is 1.30. The van der Waals surface area contributed by atoms with Crippen LogP contribution in [0.5, 0.6) is 17.2 Å². The first-order valence-electron chi connectivity index (χ1n) is 15.3. The molecule has 0 atom stereocenters. The monoisotopic (exact) mass is 680 g/mol. The summed E-state index contributed by atoms with van der Waals surface area (Å²) in [5, 5.41) is 12.1. The van der Waals surface area contributed by atoms with Gasteiger partial charge in [0.15, 0.2) is 5.69 Å². The Morgan fingerprint density at radius 3 is 2.24 bits per heavy atom. The van der Waals surface area contributed by atoms with Crippen molar-refractivity contribution in [1.82, 2.24) is 0 Å². The normalized spacial score (nSPS) is 10.9. The minimum Gasteiger partial charge on any atom is -0.496 e. The molecule has 1 aromatic heterocycles. The fourth-order valence-corrected chi connectivity index (χ4v) is 5.84. The third-order valence-corrected chi connectivity index (χ3v) is 8.83. The molecule has 0 unspecified atom stereocenters. The maximum absolute atomic E-state index is 13.3. The Bertz CT molecular complexity index is 1990. The number of anilines is 3. The number of thiophene rings is 1. The number of nitrogens with zero attached hydrogens (tertiary/aromatic N) is 3. The summed E-state index contributed by atoms with van der Waals surface area (Å²) in [5.41, 5.74) is 10.6. The number of carbonyl (C=O) groups excluding carboxylic acids is 1. The first kappa shape index (κ1) is 34.5. The number of non-ortho nitro benzene ring substituents is 1. The number of benzene rings is 4. The first-order valence-corrected chi connectivity index (χ1v) is 16.1. The molecule has 0 aliphatic rings. The third-order valence-electron chi connectivity index (χ3n) is 7.61. The number of nitro groups is 1. The Kier molecular flexibility index (Phi) is 10.8. The number of carbonyl (C=O) groups is 1. The van der Waals surface area contributed by atoms with E-state index in [1.54, 1.807) is 54.2 Å². The molecule has 0 saturated heterocycles. The number of rotatable bonds is 13. The van der Waals surface area contributed by atoms with Gasteiger partial charge in [0.25, 0.3) is 5.69 Å². The molecule has 0 radical (unpaired) electrons. The number of nitrogens with one attached hydrogen (secondary N) is 1. The zero-order valence-electron chi connectivity index (χ0n) is 28.1. The van der Waals surface area contributed by atoms with E-state index in [-0.39, 0.29) is 5.69 Å². The Morgan fingerprint density at radius 2 is 1.59 bits per heavy atom. The molecule has 12 heteroatoms. The first-order chi connectivity index (χ1) is 23.6. The van der Waals surface area contributed by atoms with E-state index in [4.69, 9.17) is 14.2 Å². The van der Waals surface area contributed by atoms with Crippen LogP contribution in [0, 0.1) is 10.1 Å². The second kappa shape index (κ2) is 15.4. The average Bonchev–Trinajstić information content (AvgIpc) is 3.59. The molecule has 0 saturated carbocycles. The summed E-state index contributed by atoms with van der Waals surface area (Å²) in [7, 11) is 11.0. The predicted octanol–water partition coefficient (Wildman–Crippen LogP) is 7.08. The van der Waals surface area contributed by atoms with Gasteiger partial charge in [-0.1, -0.05) is 18.2 Å². The van der Waals surface area contributed by atoms with E-state index in [0.29, 0.717) is 22.8 Å². The Labute approximate surface area is 289 Å². The highest BCUT2D eigenvalue weighted by atomic mass is 32.1. The van der Waals surface area contributed by atoms with E-state index >= 15 is 0 Å². The molecular formula is C37H38N5O6S+. The van der Waals surface area contributed by atoms with Crippen molar-refractivity contribution >= 4 is 57.2 Å². The maximum atomic E-state index is 13.3. The Morgan fingerprint density at radius 1 is 0.837 bits per heavy atom. The van der Waals surface area contributed by atoms with Crippen molar-refractivity contribution in [3.8, 4) is 28.4 Å². The highest BCUT2D eigenvalue weighted by Crippen LogP contribution is 2.37. The highest BCUT2D eigenvalue weighted by Gasteiger charge is 2.18. The SMILES string of the molecule is COc1cc(/C=C/c2ccc(N(C)C)s2)ccc1C(=O)Oc1ccc(-c2ccc(N[NH2+]c3ccc([N+](=O)[O-])cc3)c(N(C)C)c2)c(OC)c1. The van der Waals surface area contributed by atoms with Crippen molar-refractivity contribution < 1.29 is 29.4 Å². The fraction of sp³-hybridized carbons (Fsp3) is 0.162. The van der Waals surface area contributed by atoms with Gasteiger partial charge in [0, 0.05) is 69.0 Å². The number of nitrogens with two attached hydrogens (primary N) is 1. The summed E-state index contributed by atoms with van der Waals surface area (Å²) in [6, 6.07) is 27.0. The van der Waals surface area contributed by atoms with Gasteiger partial charge in [-0.3, -0.25) is 10.1 Å². The van der Waals surface area contributed by atoms with Gasteiger partial charge in [-0.25, -0.2) is 15.6 Å². The second-order valence-corrected chi connectivity index (χ2v) is 12.5. The van der Waals surface area contributed by atoms with Crippen LogP contribution < -0.4 is 34.9 Å². The lowest BCUT2D eigenvalue weighted by Crippen LogP contribution is -2.82. The lowest BCUT2D eigenvalue weighted by Gasteiger charge is -2.19. The average molecular weight is 681 g/mol. The van der Waals surface area contributed by atoms with Crippen molar-refractivity contribution in [2.45, 2.75) is 0 Å². The molecule has 0 amide bonds. The number of hydrogen-bond acceptors (Lipinski definition) is 10. The summed E-state index contributed by atoms with van der Waals surface area (Å²) in [4.78, 5) is 29.0. The highest BCUT2D eigenvalue weighted by molar-refractivity contribution is 7.16. The summed E-state index contributed by atoms with van der Waals surface area (Å²) in [6.45, 7) is 0. The van der Waals surface area contributed by atoms with Crippen LogP contribution in [0.4, 0.5) is 27.8 Å². The van der Waals surface area contributed by atoms with Crippen LogP contribution >= 0.6 is 11.3 Å². The second-order valence-electron chi connectivity index (χ2n) is 11.4. The van der Waals surface area contributed by atoms with Crippen molar-refractivity contribution in [2.24, 2.45) is 0 Å². The molecule has 0 aliphatic carbocycles. The number of nitro benzene ring substituents is 1. The molecule has 0 fully saturated rings. The summed E-state index contributed by atoms with van der Waals surface area (Å²) >= 11 is 1.69. The van der Waals surface area contributed by atoms with Crippen LogP contribution in [-0.2, 0) is 0 Å². The number of methoxy groups -OCH3 is 2. The van der Waals surface area contributed by atoms with Crippen molar-refractivity contribution in [2.75, 3.05) is 57.6 Å². The largest absolute Gasteiger partial charge is 0.496 e. The number of esters is 1. The van der Waals surface area contributed by atoms with Gasteiger partial charge in [0.2, 0.25) is 0 Å². The van der Waals surface area contributed by atoms with Gasteiger partial charge < -0.3 is 24.0 Å². The molecule has 4 aromatic carbocycles. The molecule has 1 heterocycles. The molecule has 5 aromatic rings. The molecule has 11 nitrogen and oxygen atoms in total.